The highest BCUT2D eigenvalue weighted by Crippen LogP contribution is 2.54. The van der Waals surface area contributed by atoms with E-state index < -0.39 is 0 Å². The van der Waals surface area contributed by atoms with Crippen LogP contribution < -0.4 is 0 Å². The van der Waals surface area contributed by atoms with E-state index in [0.717, 1.165) is 17.8 Å². The van der Waals surface area contributed by atoms with Gasteiger partial charge >= 0.3 is 0 Å². The van der Waals surface area contributed by atoms with E-state index in [1.807, 2.05) is 5.92 Å². The van der Waals surface area contributed by atoms with Crippen LogP contribution >= 0.6 is 0 Å². The van der Waals surface area contributed by atoms with Gasteiger partial charge in [-0.2, -0.15) is 0 Å². The average Bonchev–Trinajstić information content (AvgIpc) is 2.59. The first-order valence-corrected chi connectivity index (χ1v) is 6.38. The van der Waals surface area contributed by atoms with Crippen LogP contribution in [-0.2, 0) is 0 Å². The highest BCUT2D eigenvalue weighted by Gasteiger charge is 2.44. The van der Waals surface area contributed by atoms with Gasteiger partial charge in [-0.1, -0.05) is 34.1 Å². The Labute approximate surface area is 89.5 Å². The molecule has 0 aromatic heterocycles. The lowest BCUT2D eigenvalue weighted by molar-refractivity contribution is 0.244. The molecule has 2 fully saturated rings. The average molecular weight is 193 g/mol. The summed E-state index contributed by atoms with van der Waals surface area (Å²) >= 11 is 0. The Morgan fingerprint density at radius 1 is 1.14 bits per heavy atom. The topological polar surface area (TPSA) is 0 Å². The van der Waals surface area contributed by atoms with Gasteiger partial charge in [0.25, 0.3) is 0 Å². The van der Waals surface area contributed by atoms with Gasteiger partial charge < -0.3 is 0 Å². The zero-order valence-electron chi connectivity index (χ0n) is 10.3. The fourth-order valence-corrected chi connectivity index (χ4v) is 3.74. The minimum Gasteiger partial charge on any atom is -0.0622 e. The van der Waals surface area contributed by atoms with Gasteiger partial charge in [0, 0.05) is 0 Å². The van der Waals surface area contributed by atoms with Crippen LogP contribution in [0.3, 0.4) is 0 Å². The molecule has 2 aliphatic carbocycles. The van der Waals surface area contributed by atoms with Crippen LogP contribution in [0.15, 0.2) is 0 Å². The lowest BCUT2D eigenvalue weighted by Crippen LogP contribution is -2.26. The van der Waals surface area contributed by atoms with Gasteiger partial charge in [-0.05, 0) is 54.8 Å². The summed E-state index contributed by atoms with van der Waals surface area (Å²) in [6, 6.07) is 0. The van der Waals surface area contributed by atoms with Gasteiger partial charge in [0.05, 0.1) is 0 Å². The van der Waals surface area contributed by atoms with E-state index in [1.54, 1.807) is 0 Å². The summed E-state index contributed by atoms with van der Waals surface area (Å²) in [5, 5.41) is 0. The van der Waals surface area contributed by atoms with Gasteiger partial charge in [0.15, 0.2) is 0 Å². The van der Waals surface area contributed by atoms with Crippen molar-refractivity contribution in [2.24, 2.45) is 23.2 Å². The van der Waals surface area contributed by atoms with Crippen molar-refractivity contribution in [3.8, 4) is 0 Å². The van der Waals surface area contributed by atoms with Crippen LogP contribution in [0.4, 0.5) is 0 Å². The van der Waals surface area contributed by atoms with Crippen LogP contribution in [0.2, 0.25) is 0 Å². The minimum atomic E-state index is 0.605. The van der Waals surface area contributed by atoms with Crippen LogP contribution in [0.25, 0.3) is 0 Å². The summed E-state index contributed by atoms with van der Waals surface area (Å²) < 4.78 is 0. The molecule has 0 N–H and O–H groups in total. The fourth-order valence-electron chi connectivity index (χ4n) is 3.74. The smallest absolute Gasteiger partial charge is 0.0174 e. The van der Waals surface area contributed by atoms with Crippen LogP contribution in [0, 0.1) is 29.1 Å². The highest BCUT2D eigenvalue weighted by molar-refractivity contribution is 5.12. The fraction of sp³-hybridized carbons (Fsp3) is 0.929. The van der Waals surface area contributed by atoms with Crippen molar-refractivity contribution in [1.29, 1.82) is 0 Å². The zero-order chi connectivity index (χ0) is 10.3. The van der Waals surface area contributed by atoms with Crippen molar-refractivity contribution in [3.63, 3.8) is 0 Å². The molecule has 1 radical (unpaired) electrons. The Morgan fingerprint density at radius 2 is 1.86 bits per heavy atom. The summed E-state index contributed by atoms with van der Waals surface area (Å²) in [5.74, 6) is 4.71. The van der Waals surface area contributed by atoms with E-state index in [-0.39, 0.29) is 0 Å². The largest absolute Gasteiger partial charge is 0.0622 e. The van der Waals surface area contributed by atoms with E-state index >= 15 is 0 Å². The molecule has 2 rings (SSSR count). The molecule has 0 heterocycles. The van der Waals surface area contributed by atoms with Gasteiger partial charge in [-0.15, -0.1) is 0 Å². The van der Waals surface area contributed by atoms with E-state index in [0.29, 0.717) is 5.41 Å². The summed E-state index contributed by atoms with van der Waals surface area (Å²) in [5.41, 5.74) is 0.605. The molecule has 0 nitrogen and oxygen atoms in total. The second kappa shape index (κ2) is 3.54. The molecule has 0 aromatic rings. The Bertz CT molecular complexity index is 204. The first kappa shape index (κ1) is 10.5. The molecular formula is C14H25. The predicted molar refractivity (Wildman–Crippen MR) is 61.9 cm³/mol. The molecule has 0 aromatic carbocycles. The summed E-state index contributed by atoms with van der Waals surface area (Å²) in [4.78, 5) is 0. The third-order valence-corrected chi connectivity index (χ3v) is 5.03. The Hall–Kier alpha value is 0. The molecule has 0 spiro atoms. The Balaban J connectivity index is 2.08. The lowest BCUT2D eigenvalue weighted by atomic mass is 9.70. The van der Waals surface area contributed by atoms with Crippen molar-refractivity contribution in [2.75, 3.05) is 0 Å². The maximum absolute atomic E-state index is 2.48. The summed E-state index contributed by atoms with van der Waals surface area (Å²) in [6.07, 6.45) is 7.25. The molecule has 3 atom stereocenters. The van der Waals surface area contributed by atoms with Crippen LogP contribution in [0.1, 0.15) is 59.8 Å². The molecule has 3 unspecified atom stereocenters. The van der Waals surface area contributed by atoms with Crippen molar-refractivity contribution in [1.82, 2.24) is 0 Å². The highest BCUT2D eigenvalue weighted by atomic mass is 14.5. The molecule has 0 amide bonds. The number of hydrogen-bond acceptors (Lipinski definition) is 0. The Morgan fingerprint density at radius 3 is 2.29 bits per heavy atom. The SMILES string of the molecule is CC1CC[C](C2CCCC2(C)C)C1C. The third-order valence-electron chi connectivity index (χ3n) is 5.03. The predicted octanol–water partition coefficient (Wildman–Crippen LogP) is 4.45. The van der Waals surface area contributed by atoms with Crippen LogP contribution in [-0.4, -0.2) is 0 Å². The molecule has 2 aliphatic rings. The molecule has 0 aliphatic heterocycles. The van der Waals surface area contributed by atoms with E-state index in [1.165, 1.54) is 32.1 Å². The second-order valence-electron chi connectivity index (χ2n) is 6.31. The maximum atomic E-state index is 2.48. The van der Waals surface area contributed by atoms with Crippen molar-refractivity contribution < 1.29 is 0 Å². The minimum absolute atomic E-state index is 0.605. The third kappa shape index (κ3) is 1.61. The first-order valence-electron chi connectivity index (χ1n) is 6.38. The van der Waals surface area contributed by atoms with Gasteiger partial charge in [-0.25, -0.2) is 0 Å². The molecule has 81 valence electrons. The number of hydrogen-bond donors (Lipinski definition) is 0. The van der Waals surface area contributed by atoms with Gasteiger partial charge in [0.1, 0.15) is 0 Å². The molecular weight excluding hydrogens is 168 g/mol. The molecule has 14 heavy (non-hydrogen) atoms. The normalized spacial score (nSPS) is 43.3. The molecule has 0 saturated heterocycles. The first-order chi connectivity index (χ1) is 6.52. The van der Waals surface area contributed by atoms with Crippen LogP contribution in [0.5, 0.6) is 0 Å². The second-order valence-corrected chi connectivity index (χ2v) is 6.31. The van der Waals surface area contributed by atoms with Crippen molar-refractivity contribution in [3.05, 3.63) is 5.92 Å². The van der Waals surface area contributed by atoms with E-state index in [9.17, 15) is 0 Å². The lowest BCUT2D eigenvalue weighted by Gasteiger charge is -2.34. The van der Waals surface area contributed by atoms with E-state index in [2.05, 4.69) is 27.7 Å². The van der Waals surface area contributed by atoms with Crippen molar-refractivity contribution >= 4 is 0 Å². The molecule has 0 heteroatoms. The summed E-state index contributed by atoms with van der Waals surface area (Å²) in [7, 11) is 0. The van der Waals surface area contributed by atoms with E-state index in [4.69, 9.17) is 0 Å². The monoisotopic (exact) mass is 193 g/mol. The van der Waals surface area contributed by atoms with Gasteiger partial charge in [-0.3, -0.25) is 0 Å². The molecule has 0 bridgehead atoms. The maximum Gasteiger partial charge on any atom is -0.0174 e. The Kier molecular flexibility index (Phi) is 2.66. The summed E-state index contributed by atoms with van der Waals surface area (Å²) in [6.45, 7) is 9.85. The standard InChI is InChI=1S/C14H25/c1-10-7-8-12(11(10)2)13-6-5-9-14(13,3)4/h10-11,13H,5-9H2,1-4H3. The molecule has 2 saturated carbocycles. The van der Waals surface area contributed by atoms with Crippen molar-refractivity contribution in [2.45, 2.75) is 59.8 Å². The number of rotatable bonds is 1. The van der Waals surface area contributed by atoms with Gasteiger partial charge in [0.2, 0.25) is 0 Å². The quantitative estimate of drug-likeness (QED) is 0.577. The zero-order valence-corrected chi connectivity index (χ0v) is 10.3.